The average Bonchev–Trinajstić information content (AvgIpc) is 2.99. The highest BCUT2D eigenvalue weighted by atomic mass is 35.5. The lowest BCUT2D eigenvalue weighted by atomic mass is 9.99. The van der Waals surface area contributed by atoms with Crippen LogP contribution in [0.5, 0.6) is 0 Å². The number of fused-ring (bicyclic) bond motifs is 1. The quantitative estimate of drug-likeness (QED) is 0.809. The Kier molecular flexibility index (Phi) is 5.69. The molecule has 1 aromatic heterocycles. The molecule has 1 fully saturated rings. The van der Waals surface area contributed by atoms with Gasteiger partial charge in [0, 0.05) is 38.1 Å². The molecule has 2 aliphatic heterocycles. The van der Waals surface area contributed by atoms with Gasteiger partial charge in [0.1, 0.15) is 17.5 Å². The van der Waals surface area contributed by atoms with Crippen molar-refractivity contribution in [1.82, 2.24) is 19.5 Å². The predicted octanol–water partition coefficient (Wildman–Crippen LogP) is 2.65. The smallest absolute Gasteiger partial charge is 0.240 e. The topological polar surface area (TPSA) is 86.1 Å². The fourth-order valence-corrected chi connectivity index (χ4v) is 5.39. The van der Waals surface area contributed by atoms with Crippen LogP contribution in [0, 0.1) is 5.82 Å². The minimum absolute atomic E-state index is 0.0366. The number of nitrogens with zero attached hydrogens (tertiary/aromatic N) is 3. The van der Waals surface area contributed by atoms with Crippen molar-refractivity contribution in [1.29, 1.82) is 0 Å². The maximum atomic E-state index is 13.3. The summed E-state index contributed by atoms with van der Waals surface area (Å²) in [5.41, 5.74) is 0. The molecule has 3 heterocycles. The standard InChI is InChI=1S/C18H22ClFN4O3S/c19-15-11-14(2-3-16(15)20)28(25,26)23-13-1-4-17-21-22-18(24(17)8-5-13)12-6-9-27-10-7-12/h2-3,11-13,23H,1,4-10H2. The van der Waals surface area contributed by atoms with Gasteiger partial charge in [-0.3, -0.25) is 0 Å². The molecule has 1 atom stereocenters. The highest BCUT2D eigenvalue weighted by Gasteiger charge is 2.28. The van der Waals surface area contributed by atoms with Gasteiger partial charge in [0.25, 0.3) is 0 Å². The number of aromatic nitrogens is 3. The third-order valence-corrected chi connectivity index (χ3v) is 7.19. The van der Waals surface area contributed by atoms with E-state index in [0.717, 1.165) is 49.8 Å². The minimum atomic E-state index is -3.78. The van der Waals surface area contributed by atoms with Crippen molar-refractivity contribution in [3.05, 3.63) is 40.7 Å². The molecule has 0 bridgehead atoms. The second kappa shape index (κ2) is 8.06. The van der Waals surface area contributed by atoms with E-state index in [1.807, 2.05) is 0 Å². The highest BCUT2D eigenvalue weighted by molar-refractivity contribution is 7.89. The highest BCUT2D eigenvalue weighted by Crippen LogP contribution is 2.28. The number of rotatable bonds is 4. The van der Waals surface area contributed by atoms with Gasteiger partial charge in [0.05, 0.1) is 9.92 Å². The Morgan fingerprint density at radius 3 is 2.71 bits per heavy atom. The van der Waals surface area contributed by atoms with Crippen molar-refractivity contribution in [3.63, 3.8) is 0 Å². The summed E-state index contributed by atoms with van der Waals surface area (Å²) in [6, 6.07) is 3.18. The molecule has 2 aromatic rings. The Bertz CT molecular complexity index is 960. The van der Waals surface area contributed by atoms with Crippen LogP contribution in [0.25, 0.3) is 0 Å². The summed E-state index contributed by atoms with van der Waals surface area (Å²) in [7, 11) is -3.78. The zero-order valence-electron chi connectivity index (χ0n) is 15.3. The summed E-state index contributed by atoms with van der Waals surface area (Å²) in [6.07, 6.45) is 3.77. The van der Waals surface area contributed by atoms with Gasteiger partial charge in [0.2, 0.25) is 10.0 Å². The summed E-state index contributed by atoms with van der Waals surface area (Å²) >= 11 is 5.73. The Hall–Kier alpha value is -1.55. The number of hydrogen-bond acceptors (Lipinski definition) is 5. The summed E-state index contributed by atoms with van der Waals surface area (Å²) < 4.78 is 49.0. The zero-order valence-corrected chi connectivity index (χ0v) is 16.8. The van der Waals surface area contributed by atoms with Crippen LogP contribution in [0.1, 0.15) is 43.3 Å². The maximum Gasteiger partial charge on any atom is 0.240 e. The van der Waals surface area contributed by atoms with Crippen molar-refractivity contribution in [2.45, 2.75) is 55.5 Å². The van der Waals surface area contributed by atoms with Crippen molar-refractivity contribution < 1.29 is 17.5 Å². The molecule has 152 valence electrons. The first-order valence-electron chi connectivity index (χ1n) is 9.41. The van der Waals surface area contributed by atoms with Crippen LogP contribution in [0.4, 0.5) is 4.39 Å². The Morgan fingerprint density at radius 2 is 1.96 bits per heavy atom. The molecule has 4 rings (SSSR count). The third-order valence-electron chi connectivity index (χ3n) is 5.38. The minimum Gasteiger partial charge on any atom is -0.381 e. The molecule has 1 N–H and O–H groups in total. The molecule has 0 radical (unpaired) electrons. The molecule has 0 saturated carbocycles. The van der Waals surface area contributed by atoms with Crippen molar-refractivity contribution in [3.8, 4) is 0 Å². The lowest BCUT2D eigenvalue weighted by molar-refractivity contribution is 0.0827. The molecule has 1 unspecified atom stereocenters. The third kappa shape index (κ3) is 4.07. The number of sulfonamides is 1. The zero-order chi connectivity index (χ0) is 19.7. The van der Waals surface area contributed by atoms with Crippen molar-refractivity contribution >= 4 is 21.6 Å². The maximum absolute atomic E-state index is 13.3. The largest absolute Gasteiger partial charge is 0.381 e. The fraction of sp³-hybridized carbons (Fsp3) is 0.556. The lowest BCUT2D eigenvalue weighted by Gasteiger charge is -2.22. The molecular weight excluding hydrogens is 407 g/mol. The van der Waals surface area contributed by atoms with Crippen LogP contribution in [-0.4, -0.2) is 42.4 Å². The number of benzene rings is 1. The van der Waals surface area contributed by atoms with Gasteiger partial charge in [-0.05, 0) is 43.9 Å². The van der Waals surface area contributed by atoms with Gasteiger partial charge in [-0.25, -0.2) is 17.5 Å². The first-order valence-corrected chi connectivity index (χ1v) is 11.3. The molecule has 10 heteroatoms. The Labute approximate surface area is 168 Å². The van der Waals surface area contributed by atoms with Gasteiger partial charge in [-0.2, -0.15) is 0 Å². The first kappa shape index (κ1) is 19.8. The van der Waals surface area contributed by atoms with E-state index in [4.69, 9.17) is 16.3 Å². The van der Waals surface area contributed by atoms with Crippen LogP contribution in [0.15, 0.2) is 23.1 Å². The van der Waals surface area contributed by atoms with E-state index in [1.165, 1.54) is 6.07 Å². The van der Waals surface area contributed by atoms with Crippen molar-refractivity contribution in [2.75, 3.05) is 13.2 Å². The summed E-state index contributed by atoms with van der Waals surface area (Å²) in [5.74, 6) is 1.57. The van der Waals surface area contributed by atoms with Crippen molar-refractivity contribution in [2.24, 2.45) is 0 Å². The number of nitrogens with one attached hydrogen (secondary N) is 1. The van der Waals surface area contributed by atoms with Crippen LogP contribution in [0.2, 0.25) is 5.02 Å². The summed E-state index contributed by atoms with van der Waals surface area (Å²) in [5, 5.41) is 8.52. The van der Waals surface area contributed by atoms with Gasteiger partial charge >= 0.3 is 0 Å². The van der Waals surface area contributed by atoms with Crippen LogP contribution in [0.3, 0.4) is 0 Å². The van der Waals surface area contributed by atoms with E-state index < -0.39 is 15.8 Å². The predicted molar refractivity (Wildman–Crippen MR) is 101 cm³/mol. The molecule has 28 heavy (non-hydrogen) atoms. The molecule has 1 aromatic carbocycles. The fourth-order valence-electron chi connectivity index (χ4n) is 3.82. The molecule has 0 aliphatic carbocycles. The van der Waals surface area contributed by atoms with Gasteiger partial charge in [-0.1, -0.05) is 11.6 Å². The van der Waals surface area contributed by atoms with Crippen LogP contribution < -0.4 is 4.72 Å². The van der Waals surface area contributed by atoms with E-state index in [9.17, 15) is 12.8 Å². The van der Waals surface area contributed by atoms with Crippen LogP contribution >= 0.6 is 11.6 Å². The molecular formula is C18H22ClFN4O3S. The molecule has 0 amide bonds. The number of aryl methyl sites for hydroxylation is 1. The van der Waals surface area contributed by atoms with Gasteiger partial charge in [0.15, 0.2) is 0 Å². The number of hydrogen-bond donors (Lipinski definition) is 1. The van der Waals surface area contributed by atoms with Gasteiger partial charge in [-0.15, -0.1) is 10.2 Å². The van der Waals surface area contributed by atoms with Crippen LogP contribution in [-0.2, 0) is 27.7 Å². The first-order chi connectivity index (χ1) is 13.4. The van der Waals surface area contributed by atoms with E-state index in [-0.39, 0.29) is 16.0 Å². The summed E-state index contributed by atoms with van der Waals surface area (Å²) in [6.45, 7) is 2.12. The molecule has 2 aliphatic rings. The second-order valence-electron chi connectivity index (χ2n) is 7.23. The SMILES string of the molecule is O=S(=O)(NC1CCc2nnc(C3CCOCC3)n2CC1)c1ccc(F)c(Cl)c1. The van der Waals surface area contributed by atoms with E-state index >= 15 is 0 Å². The summed E-state index contributed by atoms with van der Waals surface area (Å²) in [4.78, 5) is -0.0366. The Balaban J connectivity index is 1.47. The number of halogens is 2. The molecule has 0 spiro atoms. The lowest BCUT2D eigenvalue weighted by Crippen LogP contribution is -2.35. The van der Waals surface area contributed by atoms with E-state index in [1.54, 1.807) is 0 Å². The Morgan fingerprint density at radius 1 is 1.18 bits per heavy atom. The van der Waals surface area contributed by atoms with E-state index in [0.29, 0.717) is 31.7 Å². The number of ether oxygens (including phenoxy) is 1. The molecule has 7 nitrogen and oxygen atoms in total. The van der Waals surface area contributed by atoms with Gasteiger partial charge < -0.3 is 9.30 Å². The monoisotopic (exact) mass is 428 g/mol. The average molecular weight is 429 g/mol. The molecule has 1 saturated heterocycles. The van der Waals surface area contributed by atoms with E-state index in [2.05, 4.69) is 19.5 Å². The second-order valence-corrected chi connectivity index (χ2v) is 9.36. The normalized spacial score (nSPS) is 21.3.